The number of carbonyl (C=O) groups excluding carboxylic acids is 1. The molecule has 1 atom stereocenters. The number of nitrogens with one attached hydrogen (secondary N) is 1. The minimum atomic E-state index is -0.417. The van der Waals surface area contributed by atoms with Crippen molar-refractivity contribution >= 4 is 28.5 Å². The highest BCUT2D eigenvalue weighted by atomic mass is 32.2. The van der Waals surface area contributed by atoms with Crippen molar-refractivity contribution in [3.05, 3.63) is 29.8 Å². The summed E-state index contributed by atoms with van der Waals surface area (Å²) in [7, 11) is 0. The Bertz CT molecular complexity index is 485. The quantitative estimate of drug-likeness (QED) is 0.879. The molecule has 5 heteroatoms. The van der Waals surface area contributed by atoms with Gasteiger partial charge in [0.1, 0.15) is 0 Å². The average molecular weight is 263 g/mol. The van der Waals surface area contributed by atoms with Crippen molar-refractivity contribution in [3.8, 4) is 0 Å². The van der Waals surface area contributed by atoms with E-state index in [9.17, 15) is 4.79 Å². The molecule has 1 aliphatic heterocycles. The Morgan fingerprint density at radius 2 is 2.33 bits per heavy atom. The van der Waals surface area contributed by atoms with E-state index in [1.165, 1.54) is 0 Å². The zero-order valence-electron chi connectivity index (χ0n) is 10.5. The highest BCUT2D eigenvalue weighted by Crippen LogP contribution is 2.24. The summed E-state index contributed by atoms with van der Waals surface area (Å²) in [6.45, 7) is 4.34. The van der Waals surface area contributed by atoms with Gasteiger partial charge in [-0.05, 0) is 24.1 Å². The van der Waals surface area contributed by atoms with Crippen LogP contribution in [-0.2, 0) is 0 Å². The number of primary amides is 1. The van der Waals surface area contributed by atoms with E-state index >= 15 is 0 Å². The van der Waals surface area contributed by atoms with Gasteiger partial charge in [-0.2, -0.15) is 0 Å². The predicted octanol–water partition coefficient (Wildman–Crippen LogP) is 2.32. The van der Waals surface area contributed by atoms with Crippen LogP contribution < -0.4 is 11.1 Å². The number of nitrogens with two attached hydrogens (primary N) is 1. The van der Waals surface area contributed by atoms with Crippen molar-refractivity contribution in [2.24, 2.45) is 16.6 Å². The van der Waals surface area contributed by atoms with Crippen LogP contribution in [0.1, 0.15) is 24.2 Å². The summed E-state index contributed by atoms with van der Waals surface area (Å²) >= 11 is 1.71. The first-order chi connectivity index (χ1) is 8.56. The maximum absolute atomic E-state index is 11.1. The van der Waals surface area contributed by atoms with E-state index in [1.807, 2.05) is 12.1 Å². The Morgan fingerprint density at radius 3 is 2.94 bits per heavy atom. The van der Waals surface area contributed by atoms with Crippen molar-refractivity contribution in [1.29, 1.82) is 0 Å². The monoisotopic (exact) mass is 263 g/mol. The first kappa shape index (κ1) is 13.0. The Kier molecular flexibility index (Phi) is 3.91. The lowest BCUT2D eigenvalue weighted by molar-refractivity contribution is 0.100. The highest BCUT2D eigenvalue weighted by Gasteiger charge is 2.21. The molecule has 4 nitrogen and oxygen atoms in total. The maximum Gasteiger partial charge on any atom is 0.248 e. The number of thioether (sulfide) groups is 1. The second kappa shape index (κ2) is 5.44. The number of hydrogen-bond donors (Lipinski definition) is 2. The summed E-state index contributed by atoms with van der Waals surface area (Å²) in [5, 5.41) is 4.14. The van der Waals surface area contributed by atoms with Gasteiger partial charge in [0.2, 0.25) is 5.91 Å². The number of benzene rings is 1. The van der Waals surface area contributed by atoms with Crippen molar-refractivity contribution in [2.45, 2.75) is 19.9 Å². The third-order valence-electron chi connectivity index (χ3n) is 2.84. The molecule has 0 aliphatic carbocycles. The minimum absolute atomic E-state index is 0.372. The molecule has 1 aromatic rings. The van der Waals surface area contributed by atoms with Crippen LogP contribution >= 0.6 is 11.8 Å². The lowest BCUT2D eigenvalue weighted by Crippen LogP contribution is -2.13. The van der Waals surface area contributed by atoms with Gasteiger partial charge in [-0.15, -0.1) is 0 Å². The molecular weight excluding hydrogens is 246 g/mol. The number of amides is 1. The predicted molar refractivity (Wildman–Crippen MR) is 77.1 cm³/mol. The lowest BCUT2D eigenvalue weighted by Gasteiger charge is -2.08. The fourth-order valence-corrected chi connectivity index (χ4v) is 2.86. The fraction of sp³-hybridized carbons (Fsp3) is 0.385. The van der Waals surface area contributed by atoms with Crippen LogP contribution in [0.2, 0.25) is 0 Å². The Balaban J connectivity index is 2.08. The molecule has 1 aliphatic rings. The fourth-order valence-electron chi connectivity index (χ4n) is 1.67. The third-order valence-corrected chi connectivity index (χ3v) is 3.83. The van der Waals surface area contributed by atoms with E-state index in [0.717, 1.165) is 16.6 Å². The van der Waals surface area contributed by atoms with E-state index in [-0.39, 0.29) is 0 Å². The Hall–Kier alpha value is -1.49. The molecule has 0 saturated heterocycles. The Morgan fingerprint density at radius 1 is 1.56 bits per heavy atom. The van der Waals surface area contributed by atoms with Crippen LogP contribution in [0.5, 0.6) is 0 Å². The molecule has 0 aromatic heterocycles. The summed E-state index contributed by atoms with van der Waals surface area (Å²) in [6.07, 6.45) is 0. The standard InChI is InChI=1S/C13H17N3OS/c1-8(2)11-7-18-13(16-11)15-10-5-3-4-9(6-10)12(14)17/h3-6,8,11H,7H2,1-2H3,(H2,14,17)(H,15,16). The van der Waals surface area contributed by atoms with Crippen LogP contribution in [0.3, 0.4) is 0 Å². The second-order valence-electron chi connectivity index (χ2n) is 4.63. The molecule has 0 spiro atoms. The first-order valence-corrected chi connectivity index (χ1v) is 6.92. The van der Waals surface area contributed by atoms with Gasteiger partial charge in [-0.3, -0.25) is 9.79 Å². The number of anilines is 1. The Labute approximate surface area is 111 Å². The molecule has 3 N–H and O–H groups in total. The van der Waals surface area contributed by atoms with E-state index in [1.54, 1.807) is 23.9 Å². The van der Waals surface area contributed by atoms with Crippen LogP contribution in [-0.4, -0.2) is 22.9 Å². The van der Waals surface area contributed by atoms with Crippen molar-refractivity contribution in [3.63, 3.8) is 0 Å². The van der Waals surface area contributed by atoms with Crippen LogP contribution in [0.4, 0.5) is 5.69 Å². The molecule has 0 bridgehead atoms. The highest BCUT2D eigenvalue weighted by molar-refractivity contribution is 8.14. The van der Waals surface area contributed by atoms with Gasteiger partial charge in [-0.25, -0.2) is 0 Å². The van der Waals surface area contributed by atoms with Gasteiger partial charge in [0.25, 0.3) is 0 Å². The van der Waals surface area contributed by atoms with Crippen LogP contribution in [0.15, 0.2) is 29.3 Å². The van der Waals surface area contributed by atoms with Crippen LogP contribution in [0.25, 0.3) is 0 Å². The number of nitrogens with zero attached hydrogens (tertiary/aromatic N) is 1. The van der Waals surface area contributed by atoms with Crippen molar-refractivity contribution in [2.75, 3.05) is 11.1 Å². The zero-order chi connectivity index (χ0) is 13.1. The van der Waals surface area contributed by atoms with E-state index < -0.39 is 5.91 Å². The van der Waals surface area contributed by atoms with Crippen molar-refractivity contribution < 1.29 is 4.79 Å². The van der Waals surface area contributed by atoms with Gasteiger partial charge in [-0.1, -0.05) is 31.7 Å². The van der Waals surface area contributed by atoms with Crippen LogP contribution in [0, 0.1) is 5.92 Å². The summed E-state index contributed by atoms with van der Waals surface area (Å²) < 4.78 is 0. The van der Waals surface area contributed by atoms with Crippen molar-refractivity contribution in [1.82, 2.24) is 0 Å². The molecule has 2 rings (SSSR count). The molecular formula is C13H17N3OS. The number of hydrogen-bond acceptors (Lipinski definition) is 4. The summed E-state index contributed by atoms with van der Waals surface area (Å²) in [5.41, 5.74) is 6.60. The molecule has 0 fully saturated rings. The summed E-state index contributed by atoms with van der Waals surface area (Å²) in [6, 6.07) is 7.53. The lowest BCUT2D eigenvalue weighted by atomic mass is 10.1. The summed E-state index contributed by atoms with van der Waals surface area (Å²) in [4.78, 5) is 15.7. The van der Waals surface area contributed by atoms with E-state index in [2.05, 4.69) is 24.2 Å². The van der Waals surface area contributed by atoms with Gasteiger partial charge in [0, 0.05) is 17.0 Å². The SMILES string of the molecule is CC(C)C1CSC(Nc2cccc(C(N)=O)c2)=N1. The number of amidine groups is 1. The molecule has 1 unspecified atom stereocenters. The van der Waals surface area contributed by atoms with E-state index in [0.29, 0.717) is 17.5 Å². The second-order valence-corrected chi connectivity index (χ2v) is 5.64. The summed E-state index contributed by atoms with van der Waals surface area (Å²) in [5.74, 6) is 1.14. The number of rotatable bonds is 3. The topological polar surface area (TPSA) is 67.5 Å². The minimum Gasteiger partial charge on any atom is -0.366 e. The average Bonchev–Trinajstić information content (AvgIpc) is 2.78. The zero-order valence-corrected chi connectivity index (χ0v) is 11.3. The first-order valence-electron chi connectivity index (χ1n) is 5.94. The molecule has 96 valence electrons. The number of carbonyl (C=O) groups is 1. The van der Waals surface area contributed by atoms with E-state index in [4.69, 9.17) is 5.73 Å². The molecule has 1 amide bonds. The number of aliphatic imine (C=N–C) groups is 1. The normalized spacial score (nSPS) is 18.8. The molecule has 1 aromatic carbocycles. The van der Waals surface area contributed by atoms with Gasteiger partial charge < -0.3 is 11.1 Å². The molecule has 18 heavy (non-hydrogen) atoms. The smallest absolute Gasteiger partial charge is 0.248 e. The largest absolute Gasteiger partial charge is 0.366 e. The molecule has 0 saturated carbocycles. The maximum atomic E-state index is 11.1. The van der Waals surface area contributed by atoms with Gasteiger partial charge in [0.05, 0.1) is 6.04 Å². The van der Waals surface area contributed by atoms with Gasteiger partial charge in [0.15, 0.2) is 5.17 Å². The third kappa shape index (κ3) is 3.04. The van der Waals surface area contributed by atoms with Gasteiger partial charge >= 0.3 is 0 Å². The molecule has 0 radical (unpaired) electrons. The molecule has 1 heterocycles.